The molecule has 294 valence electrons. The minimum absolute atomic E-state index is 3.57. The maximum absolute atomic E-state index is 13.7. The molecule has 0 bridgehead atoms. The second-order valence-corrected chi connectivity index (χ2v) is 9.16. The number of hydrogen-bond donors (Lipinski definition) is 0. The van der Waals surface area contributed by atoms with E-state index in [2.05, 4.69) is 11.6 Å². The van der Waals surface area contributed by atoms with Gasteiger partial charge in [0.2, 0.25) is 0 Å². The maximum atomic E-state index is 13.7. The minimum atomic E-state index is -10.1. The van der Waals surface area contributed by atoms with Crippen LogP contribution >= 0.6 is 11.6 Å². The summed E-state index contributed by atoms with van der Waals surface area (Å²) in [6.07, 6.45) is -8.36. The van der Waals surface area contributed by atoms with Crippen LogP contribution < -0.4 is 0 Å². The smallest absolute Gasteiger partial charge is 0.274 e. The predicted octanol–water partition coefficient (Wildman–Crippen LogP) is 10.2. The van der Waals surface area contributed by atoms with E-state index in [1.54, 1.807) is 0 Å². The molecule has 0 aliphatic carbocycles. The molecule has 0 saturated carbocycles. The molecular formula is C16ClF31O. The number of halogens is 32. The van der Waals surface area contributed by atoms with Crippen molar-refractivity contribution < 1.29 is 141 Å². The van der Waals surface area contributed by atoms with Crippen molar-refractivity contribution in [2.24, 2.45) is 0 Å². The first-order valence-corrected chi connectivity index (χ1v) is 10.4. The summed E-state index contributed by atoms with van der Waals surface area (Å²) in [6.45, 7) is 0. The molecule has 0 saturated heterocycles. The standard InChI is InChI=1S/C16ClF31O/c17-1(49)2(18,19)3(20,21)4(22,23)5(24,25)6(26,27)7(28,29)8(30,31)9(32,33)10(34,35)11(36,37)12(38,39)13(40,41)14(42,43)15(44,45)16(46,47)48. The van der Waals surface area contributed by atoms with Gasteiger partial charge in [-0.3, -0.25) is 4.79 Å². The van der Waals surface area contributed by atoms with Crippen molar-refractivity contribution in [3.05, 3.63) is 0 Å². The SMILES string of the molecule is O=C(Cl)C(F)(F)C(F)(F)C(F)(F)C(F)(F)C(F)(F)C(F)(F)C(F)(F)C(F)(F)C(F)(F)C(F)(F)C(F)(F)C(F)(F)C(F)(F)C(F)(F)C(F)(F)F. The molecule has 0 atom stereocenters. The number of rotatable bonds is 14. The molecule has 33 heteroatoms. The van der Waals surface area contributed by atoms with Crippen LogP contribution in [0.15, 0.2) is 0 Å². The Morgan fingerprint density at radius 2 is 0.367 bits per heavy atom. The van der Waals surface area contributed by atoms with E-state index in [0.29, 0.717) is 0 Å². The monoisotopic (exact) mass is 832 g/mol. The minimum Gasteiger partial charge on any atom is -0.274 e. The van der Waals surface area contributed by atoms with Crippen LogP contribution in [0.4, 0.5) is 136 Å². The topological polar surface area (TPSA) is 17.1 Å². The molecular weight excluding hydrogens is 833 g/mol. The van der Waals surface area contributed by atoms with Gasteiger partial charge in [0.15, 0.2) is 0 Å². The Kier molecular flexibility index (Phi) is 10.6. The van der Waals surface area contributed by atoms with Gasteiger partial charge in [-0.15, -0.1) is 0 Å². The van der Waals surface area contributed by atoms with Gasteiger partial charge in [-0.25, -0.2) is 0 Å². The van der Waals surface area contributed by atoms with Crippen LogP contribution in [0.1, 0.15) is 0 Å². The van der Waals surface area contributed by atoms with Gasteiger partial charge in [-0.1, -0.05) is 0 Å². The zero-order valence-electron chi connectivity index (χ0n) is 20.5. The van der Waals surface area contributed by atoms with Crippen LogP contribution in [0.5, 0.6) is 0 Å². The quantitative estimate of drug-likeness (QED) is 0.126. The van der Waals surface area contributed by atoms with Crippen LogP contribution in [0, 0.1) is 0 Å². The number of carbonyl (C=O) groups excluding carboxylic acids is 1. The van der Waals surface area contributed by atoms with Gasteiger partial charge in [0, 0.05) is 0 Å². The highest BCUT2D eigenvalue weighted by Gasteiger charge is 3.01. The van der Waals surface area contributed by atoms with E-state index in [0.717, 1.165) is 0 Å². The molecule has 0 aliphatic rings. The summed E-state index contributed by atoms with van der Waals surface area (Å²) in [7, 11) is 0. The molecule has 0 radical (unpaired) electrons. The van der Waals surface area contributed by atoms with Crippen LogP contribution in [0.3, 0.4) is 0 Å². The van der Waals surface area contributed by atoms with Crippen LogP contribution in [-0.4, -0.2) is 94.3 Å². The second-order valence-electron chi connectivity index (χ2n) is 8.81. The highest BCUT2D eigenvalue weighted by Crippen LogP contribution is 2.69. The zero-order chi connectivity index (χ0) is 41.1. The lowest BCUT2D eigenvalue weighted by atomic mass is 9.83. The molecule has 0 aromatic heterocycles. The predicted molar refractivity (Wildman–Crippen MR) is 86.2 cm³/mol. The highest BCUT2D eigenvalue weighted by atomic mass is 35.5. The lowest BCUT2D eigenvalue weighted by molar-refractivity contribution is -0.488. The first-order valence-electron chi connectivity index (χ1n) is 10.0. The van der Waals surface area contributed by atoms with E-state index in [-0.39, 0.29) is 0 Å². The molecule has 0 amide bonds. The van der Waals surface area contributed by atoms with Gasteiger partial charge < -0.3 is 0 Å². The lowest BCUT2D eigenvalue weighted by Gasteiger charge is -2.46. The molecule has 1 nitrogen and oxygen atoms in total. The summed E-state index contributed by atoms with van der Waals surface area (Å²) in [6, 6.07) is 0. The summed E-state index contributed by atoms with van der Waals surface area (Å²) >= 11 is 3.57. The van der Waals surface area contributed by atoms with Gasteiger partial charge >= 0.3 is 89.1 Å². The van der Waals surface area contributed by atoms with Crippen LogP contribution in [0.2, 0.25) is 0 Å². The van der Waals surface area contributed by atoms with E-state index < -0.39 is 94.3 Å². The number of hydrogen-bond acceptors (Lipinski definition) is 1. The van der Waals surface area contributed by atoms with Crippen molar-refractivity contribution in [1.29, 1.82) is 0 Å². The molecule has 0 spiro atoms. The van der Waals surface area contributed by atoms with Crippen molar-refractivity contribution in [3.63, 3.8) is 0 Å². The second kappa shape index (κ2) is 11.1. The normalized spacial score (nSPS) is 17.1. The van der Waals surface area contributed by atoms with Crippen molar-refractivity contribution >= 4 is 16.8 Å². The average Bonchev–Trinajstić information content (AvgIpc) is 2.86. The number of carbonyl (C=O) groups is 1. The maximum Gasteiger partial charge on any atom is 0.460 e. The summed E-state index contributed by atoms with van der Waals surface area (Å²) in [5.41, 5.74) is 0. The molecule has 0 aromatic rings. The molecule has 0 fully saturated rings. The molecule has 0 aromatic carbocycles. The Balaban J connectivity index is 7.68. The van der Waals surface area contributed by atoms with Gasteiger partial charge in [0.25, 0.3) is 5.24 Å². The van der Waals surface area contributed by atoms with Crippen molar-refractivity contribution in [2.75, 3.05) is 0 Å². The highest BCUT2D eigenvalue weighted by molar-refractivity contribution is 6.65. The van der Waals surface area contributed by atoms with Crippen LogP contribution in [0.25, 0.3) is 0 Å². The van der Waals surface area contributed by atoms with E-state index in [1.165, 1.54) is 0 Å². The Morgan fingerprint density at radius 3 is 0.490 bits per heavy atom. The van der Waals surface area contributed by atoms with E-state index >= 15 is 0 Å². The van der Waals surface area contributed by atoms with E-state index in [9.17, 15) is 141 Å². The first kappa shape index (κ1) is 46.8. The molecule has 0 aliphatic heterocycles. The third-order valence-electron chi connectivity index (χ3n) is 5.73. The molecule has 0 N–H and O–H groups in total. The Labute approximate surface area is 248 Å². The average molecular weight is 833 g/mol. The number of alkyl halides is 31. The summed E-state index contributed by atoms with van der Waals surface area (Å²) in [4.78, 5) is 10.1. The third-order valence-corrected chi connectivity index (χ3v) is 5.97. The van der Waals surface area contributed by atoms with Crippen molar-refractivity contribution in [1.82, 2.24) is 0 Å². The largest absolute Gasteiger partial charge is 0.460 e. The lowest BCUT2D eigenvalue weighted by Crippen LogP contribution is -2.79. The fourth-order valence-corrected chi connectivity index (χ4v) is 2.79. The summed E-state index contributed by atoms with van der Waals surface area (Å²) < 4.78 is 412. The summed E-state index contributed by atoms with van der Waals surface area (Å²) in [5.74, 6) is -133. The first-order chi connectivity index (χ1) is 20.4. The van der Waals surface area contributed by atoms with Gasteiger partial charge in [-0.05, 0) is 11.6 Å². The fourth-order valence-electron chi connectivity index (χ4n) is 2.67. The Hall–Kier alpha value is -2.21. The summed E-state index contributed by atoms with van der Waals surface area (Å²) in [5, 5.41) is -4.34. The third kappa shape index (κ3) is 5.21. The zero-order valence-corrected chi connectivity index (χ0v) is 21.3. The van der Waals surface area contributed by atoms with E-state index in [4.69, 9.17) is 0 Å². The van der Waals surface area contributed by atoms with Crippen molar-refractivity contribution in [2.45, 2.75) is 89.1 Å². The van der Waals surface area contributed by atoms with Gasteiger partial charge in [0.1, 0.15) is 0 Å². The molecule has 49 heavy (non-hydrogen) atoms. The molecule has 0 rings (SSSR count). The fraction of sp³-hybridized carbons (Fsp3) is 0.938. The van der Waals surface area contributed by atoms with E-state index in [1.807, 2.05) is 0 Å². The Morgan fingerprint density at radius 1 is 0.245 bits per heavy atom. The van der Waals surface area contributed by atoms with Crippen LogP contribution in [-0.2, 0) is 4.79 Å². The Bertz CT molecular complexity index is 1250. The molecule has 0 unspecified atom stereocenters. The van der Waals surface area contributed by atoms with Gasteiger partial charge in [0.05, 0.1) is 0 Å². The molecule has 0 heterocycles. The van der Waals surface area contributed by atoms with Crippen molar-refractivity contribution in [3.8, 4) is 0 Å². The van der Waals surface area contributed by atoms with Gasteiger partial charge in [-0.2, -0.15) is 136 Å².